The third kappa shape index (κ3) is 6.04. The fourth-order valence-electron chi connectivity index (χ4n) is 3.36. The molecule has 35 heavy (non-hydrogen) atoms. The Morgan fingerprint density at radius 2 is 1.89 bits per heavy atom. The predicted octanol–water partition coefficient (Wildman–Crippen LogP) is 6.73. The lowest BCUT2D eigenvalue weighted by molar-refractivity contribution is -0.153. The van der Waals surface area contributed by atoms with Gasteiger partial charge in [-0.05, 0) is 43.3 Å². The molecule has 1 heterocycles. The zero-order valence-corrected chi connectivity index (χ0v) is 20.0. The van der Waals surface area contributed by atoms with E-state index in [9.17, 15) is 22.4 Å². The van der Waals surface area contributed by atoms with Crippen LogP contribution in [-0.2, 0) is 0 Å². The molecule has 0 saturated heterocycles. The lowest BCUT2D eigenvalue weighted by Gasteiger charge is -2.25. The maximum Gasteiger partial charge on any atom is 0.422 e. The Balaban J connectivity index is 2.14. The fraction of sp³-hybridized carbons (Fsp3) is 0.167. The number of carbonyl (C=O) groups is 1. The van der Waals surface area contributed by atoms with Gasteiger partial charge in [0.05, 0.1) is 10.6 Å². The second-order valence-electron chi connectivity index (χ2n) is 7.34. The first kappa shape index (κ1) is 26.3. The van der Waals surface area contributed by atoms with Crippen molar-refractivity contribution in [3.63, 3.8) is 0 Å². The summed E-state index contributed by atoms with van der Waals surface area (Å²) < 4.78 is 58.6. The summed E-state index contributed by atoms with van der Waals surface area (Å²) in [5.74, 6) is -1.62. The number of carbonyl (C=O) groups excluding carboxylic acids is 1. The lowest BCUT2D eigenvalue weighted by atomic mass is 10.0. The Morgan fingerprint density at radius 1 is 1.17 bits per heavy atom. The number of primary amides is 1. The van der Waals surface area contributed by atoms with Gasteiger partial charge >= 0.3 is 6.18 Å². The molecule has 0 saturated carbocycles. The van der Waals surface area contributed by atoms with E-state index >= 15 is 0 Å². The molecule has 0 aliphatic heterocycles. The number of halogens is 6. The van der Waals surface area contributed by atoms with Crippen LogP contribution in [0.2, 0.25) is 10.0 Å². The Morgan fingerprint density at radius 3 is 2.49 bits per heavy atom. The minimum atomic E-state index is -4.63. The molecule has 3 rings (SSSR count). The van der Waals surface area contributed by atoms with Crippen LogP contribution in [0.15, 0.2) is 54.7 Å². The number of nitrogens with zero attached hydrogens (tertiary/aromatic N) is 2. The van der Waals surface area contributed by atoms with Crippen molar-refractivity contribution in [3.8, 4) is 16.9 Å². The van der Waals surface area contributed by atoms with Crippen molar-refractivity contribution in [1.82, 2.24) is 4.98 Å². The van der Waals surface area contributed by atoms with Gasteiger partial charge in [-0.15, -0.1) is 0 Å². The van der Waals surface area contributed by atoms with Crippen molar-refractivity contribution < 1.29 is 27.1 Å². The number of amides is 1. The standard InChI is InChI=1S/C24H19Cl2F4N3O2/c1-3-19(21-17(26)5-4-6-18(21)27)33(2)23-20(35-12-24(28,29)30)10-14(11-32-23)15-9-13(22(31)34)7-8-16(15)25/h3-11H,12H2,1-2H3,(H2,31,34)/b19-3+. The van der Waals surface area contributed by atoms with Gasteiger partial charge in [0, 0.05) is 40.7 Å². The Labute approximate surface area is 208 Å². The van der Waals surface area contributed by atoms with E-state index in [0.29, 0.717) is 5.56 Å². The second kappa shape index (κ2) is 10.5. The number of rotatable bonds is 7. The van der Waals surface area contributed by atoms with Crippen LogP contribution in [-0.4, -0.2) is 30.7 Å². The Kier molecular flexibility index (Phi) is 7.92. The maximum atomic E-state index is 14.6. The molecule has 0 aliphatic rings. The number of hydrogen-bond donors (Lipinski definition) is 1. The summed E-state index contributed by atoms with van der Waals surface area (Å²) in [4.78, 5) is 17.2. The van der Waals surface area contributed by atoms with Crippen LogP contribution in [0.25, 0.3) is 16.8 Å². The molecule has 0 bridgehead atoms. The Hall–Kier alpha value is -3.30. The summed E-state index contributed by atoms with van der Waals surface area (Å²) in [5, 5.41) is 0.321. The van der Waals surface area contributed by atoms with E-state index in [1.165, 1.54) is 60.6 Å². The summed E-state index contributed by atoms with van der Waals surface area (Å²) >= 11 is 12.4. The van der Waals surface area contributed by atoms with Gasteiger partial charge in [-0.25, -0.2) is 9.37 Å². The minimum Gasteiger partial charge on any atom is -0.480 e. The van der Waals surface area contributed by atoms with E-state index in [1.807, 2.05) is 0 Å². The highest BCUT2D eigenvalue weighted by atomic mass is 35.5. The molecule has 3 aromatic rings. The van der Waals surface area contributed by atoms with E-state index in [1.54, 1.807) is 13.0 Å². The second-order valence-corrected chi connectivity index (χ2v) is 8.15. The third-order valence-electron chi connectivity index (χ3n) is 4.96. The number of aromatic nitrogens is 1. The van der Waals surface area contributed by atoms with E-state index < -0.39 is 24.5 Å². The van der Waals surface area contributed by atoms with Crippen molar-refractivity contribution in [2.75, 3.05) is 18.6 Å². The van der Waals surface area contributed by atoms with E-state index in [4.69, 9.17) is 33.7 Å². The van der Waals surface area contributed by atoms with Crippen LogP contribution >= 0.6 is 23.2 Å². The molecule has 0 spiro atoms. The Bertz CT molecular complexity index is 1280. The zero-order valence-electron chi connectivity index (χ0n) is 18.5. The van der Waals surface area contributed by atoms with Crippen LogP contribution in [0.5, 0.6) is 5.75 Å². The summed E-state index contributed by atoms with van der Waals surface area (Å²) in [5.41, 5.74) is 6.35. The molecule has 1 aromatic heterocycles. The number of nitrogens with two attached hydrogens (primary N) is 1. The van der Waals surface area contributed by atoms with Crippen molar-refractivity contribution in [2.45, 2.75) is 13.1 Å². The van der Waals surface area contributed by atoms with Crippen LogP contribution < -0.4 is 15.4 Å². The van der Waals surface area contributed by atoms with Gasteiger partial charge in [-0.2, -0.15) is 13.2 Å². The molecular formula is C24H19Cl2F4N3O2. The number of hydrogen-bond acceptors (Lipinski definition) is 4. The molecular weight excluding hydrogens is 509 g/mol. The topological polar surface area (TPSA) is 68.5 Å². The maximum absolute atomic E-state index is 14.6. The molecule has 0 unspecified atom stereocenters. The van der Waals surface area contributed by atoms with Crippen LogP contribution in [0.4, 0.5) is 23.4 Å². The van der Waals surface area contributed by atoms with Crippen LogP contribution in [0.1, 0.15) is 22.8 Å². The first-order chi connectivity index (χ1) is 16.4. The van der Waals surface area contributed by atoms with Gasteiger partial charge in [0.1, 0.15) is 5.82 Å². The van der Waals surface area contributed by atoms with Crippen LogP contribution in [0, 0.1) is 5.82 Å². The molecule has 5 nitrogen and oxygen atoms in total. The molecule has 0 aliphatic carbocycles. The van der Waals surface area contributed by atoms with Gasteiger partial charge in [-0.1, -0.05) is 35.3 Å². The first-order valence-electron chi connectivity index (χ1n) is 10.1. The predicted molar refractivity (Wildman–Crippen MR) is 128 cm³/mol. The molecule has 0 atom stereocenters. The average molecular weight is 528 g/mol. The summed E-state index contributed by atoms with van der Waals surface area (Å²) in [7, 11) is 1.49. The number of anilines is 1. The van der Waals surface area contributed by atoms with Crippen molar-refractivity contribution in [2.24, 2.45) is 5.73 Å². The molecule has 2 aromatic carbocycles. The molecule has 0 fully saturated rings. The van der Waals surface area contributed by atoms with Gasteiger partial charge in [-0.3, -0.25) is 4.79 Å². The number of pyridine rings is 1. The van der Waals surface area contributed by atoms with Crippen molar-refractivity contribution in [3.05, 3.63) is 81.7 Å². The highest BCUT2D eigenvalue weighted by Crippen LogP contribution is 2.39. The molecule has 184 valence electrons. The zero-order chi connectivity index (χ0) is 25.9. The van der Waals surface area contributed by atoms with E-state index in [-0.39, 0.29) is 44.0 Å². The quantitative estimate of drug-likeness (QED) is 0.346. The summed E-state index contributed by atoms with van der Waals surface area (Å²) in [6.07, 6.45) is -1.75. The molecule has 11 heteroatoms. The molecule has 0 radical (unpaired) electrons. The van der Waals surface area contributed by atoms with Gasteiger partial charge < -0.3 is 15.4 Å². The SMILES string of the molecule is C/C=C(\c1c(F)cccc1Cl)N(C)c1ncc(-c2cc(C(N)=O)ccc2Cl)cc1OCC(F)(F)F. The number of ether oxygens (including phenoxy) is 1. The van der Waals surface area contributed by atoms with Gasteiger partial charge in [0.2, 0.25) is 5.91 Å². The van der Waals surface area contributed by atoms with Gasteiger partial charge in [0.25, 0.3) is 0 Å². The monoisotopic (exact) mass is 527 g/mol. The minimum absolute atomic E-state index is 0.0346. The van der Waals surface area contributed by atoms with Crippen LogP contribution in [0.3, 0.4) is 0 Å². The summed E-state index contributed by atoms with van der Waals surface area (Å²) in [6, 6.07) is 9.68. The number of benzene rings is 2. The van der Waals surface area contributed by atoms with E-state index in [2.05, 4.69) is 4.98 Å². The van der Waals surface area contributed by atoms with Gasteiger partial charge in [0.15, 0.2) is 18.2 Å². The lowest BCUT2D eigenvalue weighted by Crippen LogP contribution is -2.22. The van der Waals surface area contributed by atoms with Crippen molar-refractivity contribution >= 4 is 40.6 Å². The molecule has 2 N–H and O–H groups in total. The highest BCUT2D eigenvalue weighted by Gasteiger charge is 2.30. The largest absolute Gasteiger partial charge is 0.480 e. The number of alkyl halides is 3. The highest BCUT2D eigenvalue weighted by molar-refractivity contribution is 6.33. The first-order valence-corrected chi connectivity index (χ1v) is 10.8. The average Bonchev–Trinajstić information content (AvgIpc) is 2.79. The van der Waals surface area contributed by atoms with E-state index in [0.717, 1.165) is 0 Å². The third-order valence-corrected chi connectivity index (χ3v) is 5.60. The normalized spacial score (nSPS) is 11.9. The number of allylic oxidation sites excluding steroid dienone is 1. The smallest absolute Gasteiger partial charge is 0.422 e. The summed E-state index contributed by atoms with van der Waals surface area (Å²) in [6.45, 7) is 0.0218. The van der Waals surface area contributed by atoms with Crippen molar-refractivity contribution in [1.29, 1.82) is 0 Å². The molecule has 1 amide bonds. The fourth-order valence-corrected chi connectivity index (χ4v) is 3.85.